The van der Waals surface area contributed by atoms with E-state index in [1.165, 1.54) is 6.07 Å². The molecular weight excluding hydrogens is 300 g/mol. The van der Waals surface area contributed by atoms with Crippen LogP contribution in [0.25, 0.3) is 11.0 Å². The molecule has 23 heavy (non-hydrogen) atoms. The van der Waals surface area contributed by atoms with Gasteiger partial charge in [0.1, 0.15) is 17.4 Å². The summed E-state index contributed by atoms with van der Waals surface area (Å²) in [7, 11) is 0. The van der Waals surface area contributed by atoms with Crippen molar-refractivity contribution in [2.75, 3.05) is 0 Å². The van der Waals surface area contributed by atoms with Crippen molar-refractivity contribution in [2.24, 2.45) is 5.92 Å². The summed E-state index contributed by atoms with van der Waals surface area (Å²) in [6.45, 7) is 5.51. The number of fused-ring (bicyclic) bond motifs is 1. The van der Waals surface area contributed by atoms with Crippen LogP contribution in [0, 0.1) is 5.92 Å². The zero-order chi connectivity index (χ0) is 16.8. The minimum atomic E-state index is -1.15. The molecule has 2 N–H and O–H groups in total. The third kappa shape index (κ3) is 2.97. The molecule has 0 bridgehead atoms. The Kier molecular flexibility index (Phi) is 3.91. The van der Waals surface area contributed by atoms with E-state index >= 15 is 0 Å². The molecule has 6 nitrogen and oxygen atoms in total. The third-order valence-electron chi connectivity index (χ3n) is 4.50. The molecule has 1 saturated heterocycles. The van der Waals surface area contributed by atoms with E-state index in [2.05, 4.69) is 0 Å². The standard InChI is InChI=1S/C17H20O6/c1-9-14(19)15(20)16(23-17(9,2)3)21-11-5-6-12-10(8-11)4-7-13(18)22-12/h4-9,14-16,19-20H,1-3H3/t9-,14-,15+,16?/m1/s1. The molecule has 3 rings (SSSR count). The average Bonchev–Trinajstić information content (AvgIpc) is 2.50. The highest BCUT2D eigenvalue weighted by molar-refractivity contribution is 5.77. The van der Waals surface area contributed by atoms with Crippen molar-refractivity contribution in [1.29, 1.82) is 0 Å². The summed E-state index contributed by atoms with van der Waals surface area (Å²) in [5, 5.41) is 21.1. The molecule has 1 unspecified atom stereocenters. The fourth-order valence-corrected chi connectivity index (χ4v) is 2.70. The monoisotopic (exact) mass is 320 g/mol. The number of ether oxygens (including phenoxy) is 2. The van der Waals surface area contributed by atoms with Gasteiger partial charge in [-0.05, 0) is 38.1 Å². The Morgan fingerprint density at radius 2 is 1.87 bits per heavy atom. The van der Waals surface area contributed by atoms with Gasteiger partial charge in [-0.3, -0.25) is 0 Å². The highest BCUT2D eigenvalue weighted by Crippen LogP contribution is 2.35. The van der Waals surface area contributed by atoms with E-state index in [-0.39, 0.29) is 5.92 Å². The first-order valence-corrected chi connectivity index (χ1v) is 7.52. The third-order valence-corrected chi connectivity index (χ3v) is 4.50. The first-order chi connectivity index (χ1) is 10.8. The van der Waals surface area contributed by atoms with Gasteiger partial charge in [-0.1, -0.05) is 6.92 Å². The van der Waals surface area contributed by atoms with Crippen LogP contribution in [-0.4, -0.2) is 34.3 Å². The van der Waals surface area contributed by atoms with E-state index < -0.39 is 29.7 Å². The zero-order valence-electron chi connectivity index (χ0n) is 13.2. The molecule has 2 heterocycles. The SMILES string of the molecule is C[C@@H]1[C@@H](O)[C@H](O)C(Oc2ccc3oc(=O)ccc3c2)OC1(C)C. The number of aliphatic hydroxyl groups excluding tert-OH is 2. The predicted molar refractivity (Wildman–Crippen MR) is 83.2 cm³/mol. The van der Waals surface area contributed by atoms with Gasteiger partial charge in [-0.25, -0.2) is 4.79 Å². The van der Waals surface area contributed by atoms with Crippen molar-refractivity contribution < 1.29 is 24.1 Å². The predicted octanol–water partition coefficient (Wildman–Crippen LogP) is 1.66. The molecule has 2 aromatic rings. The fraction of sp³-hybridized carbons (Fsp3) is 0.471. The molecule has 1 aliphatic rings. The Morgan fingerprint density at radius 1 is 1.13 bits per heavy atom. The lowest BCUT2D eigenvalue weighted by Crippen LogP contribution is -2.59. The highest BCUT2D eigenvalue weighted by Gasteiger charge is 2.47. The average molecular weight is 320 g/mol. The Bertz CT molecular complexity index is 765. The second kappa shape index (κ2) is 5.63. The Hall–Kier alpha value is -1.89. The lowest BCUT2D eigenvalue weighted by atomic mass is 9.82. The minimum absolute atomic E-state index is 0.233. The van der Waals surface area contributed by atoms with Gasteiger partial charge < -0.3 is 24.1 Å². The maximum Gasteiger partial charge on any atom is 0.336 e. The molecule has 1 aliphatic heterocycles. The van der Waals surface area contributed by atoms with E-state index in [4.69, 9.17) is 13.9 Å². The Morgan fingerprint density at radius 3 is 2.61 bits per heavy atom. The molecule has 0 saturated carbocycles. The topological polar surface area (TPSA) is 89.1 Å². The van der Waals surface area contributed by atoms with Crippen LogP contribution in [0.3, 0.4) is 0 Å². The van der Waals surface area contributed by atoms with Crippen molar-refractivity contribution >= 4 is 11.0 Å². The quantitative estimate of drug-likeness (QED) is 0.818. The van der Waals surface area contributed by atoms with Gasteiger partial charge in [-0.15, -0.1) is 0 Å². The highest BCUT2D eigenvalue weighted by atomic mass is 16.7. The smallest absolute Gasteiger partial charge is 0.336 e. The van der Waals surface area contributed by atoms with Gasteiger partial charge in [0.15, 0.2) is 0 Å². The van der Waals surface area contributed by atoms with Gasteiger partial charge in [0.05, 0.1) is 11.7 Å². The molecule has 1 aromatic heterocycles. The van der Waals surface area contributed by atoms with Crippen LogP contribution in [0.2, 0.25) is 0 Å². The normalized spacial score (nSPS) is 30.3. The van der Waals surface area contributed by atoms with E-state index in [0.29, 0.717) is 16.7 Å². The molecule has 1 fully saturated rings. The van der Waals surface area contributed by atoms with Gasteiger partial charge in [0, 0.05) is 17.4 Å². The number of hydrogen-bond donors (Lipinski definition) is 2. The van der Waals surface area contributed by atoms with Crippen LogP contribution in [0.15, 0.2) is 39.5 Å². The largest absolute Gasteiger partial charge is 0.462 e. The summed E-state index contributed by atoms with van der Waals surface area (Å²) in [6, 6.07) is 7.88. The van der Waals surface area contributed by atoms with E-state index in [1.807, 2.05) is 20.8 Å². The molecule has 0 spiro atoms. The Balaban J connectivity index is 1.86. The maximum absolute atomic E-state index is 11.2. The van der Waals surface area contributed by atoms with Gasteiger partial charge in [0.2, 0.25) is 6.29 Å². The first-order valence-electron chi connectivity index (χ1n) is 7.52. The summed E-state index contributed by atoms with van der Waals surface area (Å²) < 4.78 is 16.6. The van der Waals surface area contributed by atoms with E-state index in [1.54, 1.807) is 24.3 Å². The summed E-state index contributed by atoms with van der Waals surface area (Å²) in [5.74, 6) is 0.219. The zero-order valence-corrected chi connectivity index (χ0v) is 13.2. The van der Waals surface area contributed by atoms with Crippen LogP contribution in [0.4, 0.5) is 0 Å². The van der Waals surface area contributed by atoms with Crippen molar-refractivity contribution in [3.05, 3.63) is 40.8 Å². The lowest BCUT2D eigenvalue weighted by Gasteiger charge is -2.46. The number of hydrogen-bond acceptors (Lipinski definition) is 6. The minimum Gasteiger partial charge on any atom is -0.462 e. The molecule has 1 aromatic carbocycles. The Labute approximate surface area is 133 Å². The van der Waals surface area contributed by atoms with Crippen LogP contribution in [0.1, 0.15) is 20.8 Å². The first kappa shape index (κ1) is 16.0. The van der Waals surface area contributed by atoms with Crippen molar-refractivity contribution in [3.63, 3.8) is 0 Å². The molecular formula is C17H20O6. The molecule has 0 aliphatic carbocycles. The van der Waals surface area contributed by atoms with Crippen LogP contribution in [0.5, 0.6) is 5.75 Å². The lowest BCUT2D eigenvalue weighted by molar-refractivity contribution is -0.284. The van der Waals surface area contributed by atoms with Gasteiger partial charge in [0.25, 0.3) is 0 Å². The molecule has 0 amide bonds. The maximum atomic E-state index is 11.2. The second-order valence-electron chi connectivity index (χ2n) is 6.43. The summed E-state index contributed by atoms with van der Waals surface area (Å²) >= 11 is 0. The van der Waals surface area contributed by atoms with Crippen molar-refractivity contribution in [2.45, 2.75) is 44.9 Å². The number of benzene rings is 1. The summed E-state index contributed by atoms with van der Waals surface area (Å²) in [4.78, 5) is 11.2. The van der Waals surface area contributed by atoms with Gasteiger partial charge in [-0.2, -0.15) is 0 Å². The molecule has 4 atom stereocenters. The number of rotatable bonds is 2. The van der Waals surface area contributed by atoms with E-state index in [9.17, 15) is 15.0 Å². The summed E-state index contributed by atoms with van der Waals surface area (Å²) in [5.41, 5.74) is -0.604. The fourth-order valence-electron chi connectivity index (χ4n) is 2.70. The van der Waals surface area contributed by atoms with Gasteiger partial charge >= 0.3 is 5.63 Å². The van der Waals surface area contributed by atoms with Crippen LogP contribution >= 0.6 is 0 Å². The van der Waals surface area contributed by atoms with Crippen LogP contribution < -0.4 is 10.4 Å². The number of aliphatic hydroxyl groups is 2. The molecule has 124 valence electrons. The van der Waals surface area contributed by atoms with E-state index in [0.717, 1.165) is 0 Å². The molecule has 0 radical (unpaired) electrons. The molecule has 6 heteroatoms. The van der Waals surface area contributed by atoms with Crippen LogP contribution in [-0.2, 0) is 4.74 Å². The van der Waals surface area contributed by atoms with Crippen molar-refractivity contribution in [1.82, 2.24) is 0 Å². The second-order valence-corrected chi connectivity index (χ2v) is 6.43. The summed E-state index contributed by atoms with van der Waals surface area (Å²) in [6.07, 6.45) is -3.07. The van der Waals surface area contributed by atoms with Crippen molar-refractivity contribution in [3.8, 4) is 5.75 Å².